The molecular weight excluding hydrogens is 329 g/mol. The Labute approximate surface area is 117 Å². The van der Waals surface area contributed by atoms with E-state index in [2.05, 4.69) is 5.10 Å². The second-order valence-electron chi connectivity index (χ2n) is 4.00. The molecule has 0 bridgehead atoms. The van der Waals surface area contributed by atoms with Crippen molar-refractivity contribution in [2.45, 2.75) is 18.0 Å². The highest BCUT2D eigenvalue weighted by Crippen LogP contribution is 2.46. The third-order valence-electron chi connectivity index (χ3n) is 2.46. The van der Waals surface area contributed by atoms with Gasteiger partial charge >= 0.3 is 23.9 Å². The molecule has 0 aliphatic carbocycles. The maximum Gasteiger partial charge on any atom is 0.460 e. The molecule has 0 aliphatic rings. The Balaban J connectivity index is 3.15. The molecule has 3 N–H and O–H groups in total. The molecular formula is C9H7F7N4O2. The molecule has 0 aliphatic heterocycles. The Morgan fingerprint density at radius 1 is 1.18 bits per heavy atom. The topological polar surface area (TPSA) is 90.0 Å². The maximum atomic E-state index is 13.1. The fourth-order valence-corrected chi connectivity index (χ4v) is 1.34. The van der Waals surface area contributed by atoms with Crippen LogP contribution < -0.4 is 11.1 Å². The zero-order valence-electron chi connectivity index (χ0n) is 10.5. The quantitative estimate of drug-likeness (QED) is 0.812. The number of amides is 2. The fourth-order valence-electron chi connectivity index (χ4n) is 1.34. The molecule has 2 amide bonds. The van der Waals surface area contributed by atoms with Crippen molar-refractivity contribution in [3.8, 4) is 0 Å². The van der Waals surface area contributed by atoms with E-state index in [1.165, 1.54) is 0 Å². The number of aromatic nitrogens is 2. The number of nitrogens with zero attached hydrogens (tertiary/aromatic N) is 2. The molecule has 1 aromatic rings. The normalized spacial score (nSPS) is 13.1. The average Bonchev–Trinajstić information content (AvgIpc) is 2.68. The van der Waals surface area contributed by atoms with E-state index >= 15 is 0 Å². The summed E-state index contributed by atoms with van der Waals surface area (Å²) in [6.45, 7) is 0. The maximum absolute atomic E-state index is 13.1. The monoisotopic (exact) mass is 336 g/mol. The van der Waals surface area contributed by atoms with Gasteiger partial charge in [0.2, 0.25) is 0 Å². The van der Waals surface area contributed by atoms with Gasteiger partial charge in [-0.15, -0.1) is 0 Å². The number of alkyl halides is 7. The van der Waals surface area contributed by atoms with Crippen LogP contribution in [0.5, 0.6) is 0 Å². The lowest BCUT2D eigenvalue weighted by atomic mass is 10.1. The van der Waals surface area contributed by atoms with Gasteiger partial charge in [0.1, 0.15) is 5.69 Å². The molecule has 22 heavy (non-hydrogen) atoms. The summed E-state index contributed by atoms with van der Waals surface area (Å²) in [6.07, 6.45) is -6.07. The molecule has 124 valence electrons. The molecule has 1 aromatic heterocycles. The van der Waals surface area contributed by atoms with Crippen LogP contribution in [-0.4, -0.2) is 39.6 Å². The molecule has 0 saturated heterocycles. The van der Waals surface area contributed by atoms with Crippen LogP contribution in [0, 0.1) is 0 Å². The van der Waals surface area contributed by atoms with Crippen LogP contribution in [0.4, 0.5) is 36.4 Å². The molecule has 1 rings (SSSR count). The number of carbonyl (C=O) groups is 2. The Bertz CT molecular complexity index is 608. The van der Waals surface area contributed by atoms with E-state index in [4.69, 9.17) is 5.73 Å². The van der Waals surface area contributed by atoms with Crippen LogP contribution in [0.2, 0.25) is 0 Å². The molecule has 6 nitrogen and oxygen atoms in total. The van der Waals surface area contributed by atoms with Gasteiger partial charge in [-0.1, -0.05) is 0 Å². The van der Waals surface area contributed by atoms with Gasteiger partial charge in [0, 0.05) is 7.05 Å². The summed E-state index contributed by atoms with van der Waals surface area (Å²) in [7, 11) is 1.10. The lowest BCUT2D eigenvalue weighted by molar-refractivity contribution is -0.343. The molecule has 0 radical (unpaired) electrons. The zero-order chi connectivity index (χ0) is 17.5. The predicted molar refractivity (Wildman–Crippen MR) is 56.3 cm³/mol. The second kappa shape index (κ2) is 5.14. The van der Waals surface area contributed by atoms with E-state index in [0.29, 0.717) is 10.9 Å². The van der Waals surface area contributed by atoms with Crippen molar-refractivity contribution in [3.63, 3.8) is 0 Å². The minimum absolute atomic E-state index is 0.583. The van der Waals surface area contributed by atoms with Crippen molar-refractivity contribution in [2.24, 2.45) is 12.8 Å². The molecule has 13 heteroatoms. The number of nitrogens with two attached hydrogens (primary N) is 1. The number of halogens is 7. The molecule has 1 heterocycles. The third kappa shape index (κ3) is 2.69. The Morgan fingerprint density at radius 3 is 2.09 bits per heavy atom. The van der Waals surface area contributed by atoms with E-state index in [0.717, 1.165) is 12.4 Å². The number of carbonyl (C=O) groups excluding carboxylic acids is 2. The fraction of sp³-hybridized carbons (Fsp3) is 0.444. The average molecular weight is 336 g/mol. The van der Waals surface area contributed by atoms with Gasteiger partial charge in [-0.3, -0.25) is 14.3 Å². The summed E-state index contributed by atoms with van der Waals surface area (Å²) >= 11 is 0. The molecule has 0 fully saturated rings. The third-order valence-corrected chi connectivity index (χ3v) is 2.46. The summed E-state index contributed by atoms with van der Waals surface area (Å²) in [5.41, 5.74) is 3.33. The highest BCUT2D eigenvalue weighted by atomic mass is 19.4. The molecule has 0 aromatic carbocycles. The van der Waals surface area contributed by atoms with Gasteiger partial charge in [-0.25, -0.2) is 0 Å². The van der Waals surface area contributed by atoms with Crippen molar-refractivity contribution in [3.05, 3.63) is 11.9 Å². The van der Waals surface area contributed by atoms with Gasteiger partial charge < -0.3 is 11.1 Å². The first-order valence-electron chi connectivity index (χ1n) is 5.19. The number of hydrogen-bond acceptors (Lipinski definition) is 3. The lowest BCUT2D eigenvalue weighted by Crippen LogP contribution is -2.57. The van der Waals surface area contributed by atoms with E-state index in [9.17, 15) is 40.3 Å². The van der Waals surface area contributed by atoms with Crippen molar-refractivity contribution in [2.75, 3.05) is 5.32 Å². The zero-order valence-corrected chi connectivity index (χ0v) is 10.5. The Morgan fingerprint density at radius 2 is 1.68 bits per heavy atom. The van der Waals surface area contributed by atoms with Crippen LogP contribution in [-0.2, 0) is 11.8 Å². The van der Waals surface area contributed by atoms with Crippen LogP contribution in [0.1, 0.15) is 10.5 Å². The van der Waals surface area contributed by atoms with Gasteiger partial charge in [-0.2, -0.15) is 35.8 Å². The first kappa shape index (κ1) is 17.7. The first-order valence-corrected chi connectivity index (χ1v) is 5.19. The van der Waals surface area contributed by atoms with Crippen molar-refractivity contribution < 1.29 is 40.3 Å². The number of nitrogens with one attached hydrogen (secondary N) is 1. The van der Waals surface area contributed by atoms with E-state index in [1.54, 1.807) is 0 Å². The van der Waals surface area contributed by atoms with Crippen LogP contribution in [0.25, 0.3) is 0 Å². The van der Waals surface area contributed by atoms with Crippen molar-refractivity contribution in [1.82, 2.24) is 9.78 Å². The number of anilines is 1. The first-order chi connectivity index (χ1) is 9.73. The molecule has 0 spiro atoms. The SMILES string of the molecule is Cn1ncc(NC(=O)C(F)(F)C(F)(F)C(F)(F)F)c1C(N)=O. The number of aryl methyl sites for hydroxylation is 1. The molecule has 0 saturated carbocycles. The summed E-state index contributed by atoms with van der Waals surface area (Å²) < 4.78 is 88.1. The van der Waals surface area contributed by atoms with Crippen molar-refractivity contribution in [1.29, 1.82) is 0 Å². The van der Waals surface area contributed by atoms with Crippen LogP contribution >= 0.6 is 0 Å². The van der Waals surface area contributed by atoms with E-state index < -0.39 is 41.2 Å². The van der Waals surface area contributed by atoms with Gasteiger partial charge in [-0.05, 0) is 0 Å². The lowest BCUT2D eigenvalue weighted by Gasteiger charge is -2.26. The number of hydrogen-bond donors (Lipinski definition) is 2. The highest BCUT2D eigenvalue weighted by Gasteiger charge is 2.76. The Hall–Kier alpha value is -2.34. The second-order valence-corrected chi connectivity index (χ2v) is 4.00. The number of rotatable bonds is 4. The van der Waals surface area contributed by atoms with Crippen LogP contribution in [0.3, 0.4) is 0 Å². The van der Waals surface area contributed by atoms with E-state index in [1.807, 2.05) is 0 Å². The van der Waals surface area contributed by atoms with Crippen molar-refractivity contribution >= 4 is 17.5 Å². The van der Waals surface area contributed by atoms with Crippen LogP contribution in [0.15, 0.2) is 6.20 Å². The van der Waals surface area contributed by atoms with E-state index in [-0.39, 0.29) is 0 Å². The largest absolute Gasteiger partial charge is 0.460 e. The van der Waals surface area contributed by atoms with Gasteiger partial charge in [0.05, 0.1) is 11.9 Å². The standard InChI is InChI=1S/C9H7F7N4O2/c1-20-4(5(17)21)3(2-18-20)19-6(22)7(10,11)8(12,13)9(14,15)16/h2H,1H3,(H2,17,21)(H,19,22). The summed E-state index contributed by atoms with van der Waals surface area (Å²) in [5, 5.41) is 4.41. The number of primary amides is 1. The summed E-state index contributed by atoms with van der Waals surface area (Å²) in [5.74, 6) is -17.0. The molecule has 0 atom stereocenters. The smallest absolute Gasteiger partial charge is 0.364 e. The van der Waals surface area contributed by atoms with Gasteiger partial charge in [0.25, 0.3) is 5.91 Å². The Kier molecular flexibility index (Phi) is 4.14. The summed E-state index contributed by atoms with van der Waals surface area (Å²) in [4.78, 5) is 22.1. The summed E-state index contributed by atoms with van der Waals surface area (Å²) in [6, 6.07) is 0. The van der Waals surface area contributed by atoms with Gasteiger partial charge in [0.15, 0.2) is 0 Å². The molecule has 0 unspecified atom stereocenters. The minimum atomic E-state index is -6.66. The highest BCUT2D eigenvalue weighted by molar-refractivity contribution is 6.03. The minimum Gasteiger partial charge on any atom is -0.364 e. The predicted octanol–water partition coefficient (Wildman–Crippen LogP) is 1.29.